The van der Waals surface area contributed by atoms with Crippen LogP contribution in [-0.4, -0.2) is 21.7 Å². The fourth-order valence-corrected chi connectivity index (χ4v) is 2.75. The summed E-state index contributed by atoms with van der Waals surface area (Å²) in [5.41, 5.74) is 1.07. The van der Waals surface area contributed by atoms with E-state index in [-0.39, 0.29) is 0 Å². The summed E-state index contributed by atoms with van der Waals surface area (Å²) >= 11 is 3.25. The zero-order valence-electron chi connectivity index (χ0n) is 9.93. The van der Waals surface area contributed by atoms with E-state index < -0.39 is 0 Å². The number of hydrogen-bond acceptors (Lipinski definition) is 5. The molecule has 1 aromatic heterocycles. The molecule has 90 valence electrons. The van der Waals surface area contributed by atoms with Gasteiger partial charge in [-0.25, -0.2) is 0 Å². The van der Waals surface area contributed by atoms with E-state index in [2.05, 4.69) is 52.8 Å². The first-order chi connectivity index (χ1) is 8.33. The number of hydrogen-bond donors (Lipinski definition) is 1. The first-order valence-corrected chi connectivity index (χ1v) is 7.40. The first kappa shape index (κ1) is 12.4. The van der Waals surface area contributed by atoms with Crippen LogP contribution in [-0.2, 0) is 0 Å². The number of aromatic nitrogens is 2. The average molecular weight is 265 g/mol. The number of thioether (sulfide) groups is 1. The molecule has 0 bridgehead atoms. The molecule has 1 heterocycles. The Bertz CT molecular complexity index is 465. The van der Waals surface area contributed by atoms with Crippen molar-refractivity contribution in [3.05, 3.63) is 24.3 Å². The van der Waals surface area contributed by atoms with Crippen molar-refractivity contribution < 1.29 is 0 Å². The van der Waals surface area contributed by atoms with Crippen LogP contribution in [0.1, 0.15) is 13.8 Å². The molecule has 0 aliphatic rings. The maximum absolute atomic E-state index is 4.44. The van der Waals surface area contributed by atoms with Gasteiger partial charge in [-0.15, -0.1) is 11.8 Å². The van der Waals surface area contributed by atoms with Crippen LogP contribution >= 0.6 is 23.3 Å². The molecule has 0 aliphatic carbocycles. The summed E-state index contributed by atoms with van der Waals surface area (Å²) in [6, 6.07) is 8.40. The van der Waals surface area contributed by atoms with Gasteiger partial charge in [0.1, 0.15) is 0 Å². The van der Waals surface area contributed by atoms with Crippen molar-refractivity contribution in [1.29, 1.82) is 0 Å². The van der Waals surface area contributed by atoms with Crippen LogP contribution in [0.5, 0.6) is 0 Å². The van der Waals surface area contributed by atoms with Crippen molar-refractivity contribution in [1.82, 2.24) is 9.36 Å². The number of nitrogens with one attached hydrogen (secondary N) is 1. The molecule has 3 nitrogen and oxygen atoms in total. The van der Waals surface area contributed by atoms with Gasteiger partial charge in [0.15, 0.2) is 5.82 Å². The van der Waals surface area contributed by atoms with Gasteiger partial charge in [-0.3, -0.25) is 0 Å². The van der Waals surface area contributed by atoms with Crippen molar-refractivity contribution in [2.24, 2.45) is 0 Å². The molecule has 17 heavy (non-hydrogen) atoms. The second-order valence-electron chi connectivity index (χ2n) is 3.41. The Kier molecular flexibility index (Phi) is 4.39. The van der Waals surface area contributed by atoms with E-state index >= 15 is 0 Å². The van der Waals surface area contributed by atoms with Crippen LogP contribution in [0, 0.1) is 0 Å². The second kappa shape index (κ2) is 6.02. The molecule has 0 amide bonds. The molecule has 0 fully saturated rings. The Hall–Kier alpha value is -1.07. The predicted molar refractivity (Wildman–Crippen MR) is 75.9 cm³/mol. The molecule has 0 saturated carbocycles. The summed E-state index contributed by atoms with van der Waals surface area (Å²) in [6.07, 6.45) is 0. The van der Waals surface area contributed by atoms with Gasteiger partial charge in [0.25, 0.3) is 0 Å². The van der Waals surface area contributed by atoms with E-state index in [4.69, 9.17) is 0 Å². The van der Waals surface area contributed by atoms with Gasteiger partial charge >= 0.3 is 0 Å². The zero-order valence-corrected chi connectivity index (χ0v) is 11.6. The van der Waals surface area contributed by atoms with Crippen molar-refractivity contribution in [3.8, 4) is 11.4 Å². The maximum atomic E-state index is 4.44. The van der Waals surface area contributed by atoms with Crippen LogP contribution in [0.3, 0.4) is 0 Å². The Balaban J connectivity index is 2.15. The molecule has 2 rings (SSSR count). The second-order valence-corrected chi connectivity index (χ2v) is 5.50. The summed E-state index contributed by atoms with van der Waals surface area (Å²) in [5, 5.41) is 4.05. The highest BCUT2D eigenvalue weighted by atomic mass is 32.2. The molecule has 5 heteroatoms. The largest absolute Gasteiger partial charge is 0.361 e. The summed E-state index contributed by atoms with van der Waals surface area (Å²) in [4.78, 5) is 5.73. The van der Waals surface area contributed by atoms with Gasteiger partial charge in [-0.2, -0.15) is 9.36 Å². The van der Waals surface area contributed by atoms with Crippen LogP contribution < -0.4 is 5.32 Å². The quantitative estimate of drug-likeness (QED) is 0.836. The van der Waals surface area contributed by atoms with Crippen molar-refractivity contribution >= 4 is 28.4 Å². The fourth-order valence-electron chi connectivity index (χ4n) is 1.43. The van der Waals surface area contributed by atoms with Gasteiger partial charge in [-0.05, 0) is 24.8 Å². The monoisotopic (exact) mass is 265 g/mol. The van der Waals surface area contributed by atoms with Gasteiger partial charge in [0.05, 0.1) is 0 Å². The van der Waals surface area contributed by atoms with Gasteiger partial charge in [0.2, 0.25) is 5.13 Å². The number of rotatable bonds is 5. The van der Waals surface area contributed by atoms with E-state index in [1.807, 2.05) is 11.8 Å². The van der Waals surface area contributed by atoms with Gasteiger partial charge in [-0.1, -0.05) is 19.1 Å². The molecular weight excluding hydrogens is 250 g/mol. The Morgan fingerprint density at radius 3 is 2.65 bits per heavy atom. The Morgan fingerprint density at radius 1 is 1.24 bits per heavy atom. The Labute approximate surface area is 110 Å². The predicted octanol–water partition coefficient (Wildman–Crippen LogP) is 3.75. The maximum Gasteiger partial charge on any atom is 0.202 e. The van der Waals surface area contributed by atoms with Crippen LogP contribution in [0.15, 0.2) is 29.2 Å². The van der Waals surface area contributed by atoms with Crippen LogP contribution in [0.2, 0.25) is 0 Å². The highest BCUT2D eigenvalue weighted by molar-refractivity contribution is 7.99. The smallest absolute Gasteiger partial charge is 0.202 e. The minimum Gasteiger partial charge on any atom is -0.361 e. The summed E-state index contributed by atoms with van der Waals surface area (Å²) < 4.78 is 4.34. The van der Waals surface area contributed by atoms with E-state index in [0.29, 0.717) is 0 Å². The molecular formula is C12H15N3S2. The van der Waals surface area contributed by atoms with Crippen LogP contribution in [0.4, 0.5) is 5.13 Å². The summed E-state index contributed by atoms with van der Waals surface area (Å²) in [5.74, 6) is 1.90. The topological polar surface area (TPSA) is 37.8 Å². The minimum atomic E-state index is 0.805. The number of nitrogens with zero attached hydrogens (tertiary/aromatic N) is 2. The third kappa shape index (κ3) is 3.20. The fraction of sp³-hybridized carbons (Fsp3) is 0.333. The average Bonchev–Trinajstić information content (AvgIpc) is 2.80. The molecule has 0 unspecified atom stereocenters. The molecule has 1 N–H and O–H groups in total. The molecule has 1 aromatic carbocycles. The number of anilines is 1. The molecule has 0 aliphatic heterocycles. The third-order valence-corrected chi connectivity index (χ3v) is 3.74. The minimum absolute atomic E-state index is 0.805. The van der Waals surface area contributed by atoms with Crippen LogP contribution in [0.25, 0.3) is 11.4 Å². The van der Waals surface area contributed by atoms with Gasteiger partial charge < -0.3 is 5.32 Å². The van der Waals surface area contributed by atoms with E-state index in [1.54, 1.807) is 0 Å². The van der Waals surface area contributed by atoms with Gasteiger partial charge in [0, 0.05) is 28.5 Å². The lowest BCUT2D eigenvalue weighted by molar-refractivity contribution is 1.18. The molecule has 0 saturated heterocycles. The molecule has 2 aromatic rings. The van der Waals surface area contributed by atoms with Crippen molar-refractivity contribution in [2.45, 2.75) is 18.7 Å². The lowest BCUT2D eigenvalue weighted by Gasteiger charge is -1.99. The highest BCUT2D eigenvalue weighted by Crippen LogP contribution is 2.24. The lowest BCUT2D eigenvalue weighted by atomic mass is 10.2. The molecule has 0 radical (unpaired) electrons. The van der Waals surface area contributed by atoms with E-state index in [1.165, 1.54) is 16.4 Å². The van der Waals surface area contributed by atoms with E-state index in [9.17, 15) is 0 Å². The van der Waals surface area contributed by atoms with Crippen molar-refractivity contribution in [3.63, 3.8) is 0 Å². The number of benzene rings is 1. The molecule has 0 atom stereocenters. The highest BCUT2D eigenvalue weighted by Gasteiger charge is 2.05. The van der Waals surface area contributed by atoms with E-state index in [0.717, 1.165) is 28.8 Å². The van der Waals surface area contributed by atoms with Crippen molar-refractivity contribution in [2.75, 3.05) is 17.6 Å². The standard InChI is InChI=1S/C12H15N3S2/c1-3-13-12-14-11(15-17-12)9-5-7-10(8-6-9)16-4-2/h5-8H,3-4H2,1-2H3,(H,13,14,15). The third-order valence-electron chi connectivity index (χ3n) is 2.18. The first-order valence-electron chi connectivity index (χ1n) is 5.64. The zero-order chi connectivity index (χ0) is 12.1. The lowest BCUT2D eigenvalue weighted by Crippen LogP contribution is -1.94. The normalized spacial score (nSPS) is 10.5. The summed E-state index contributed by atoms with van der Waals surface area (Å²) in [6.45, 7) is 5.09. The molecule has 0 spiro atoms. The SMILES string of the molecule is CCNc1nc(-c2ccc(SCC)cc2)ns1. The summed E-state index contributed by atoms with van der Waals surface area (Å²) in [7, 11) is 0. The Morgan fingerprint density at radius 2 is 2.00 bits per heavy atom.